The zero-order chi connectivity index (χ0) is 14.7. The van der Waals surface area contributed by atoms with Crippen molar-refractivity contribution in [3.8, 4) is 0 Å². The van der Waals surface area contributed by atoms with Crippen LogP contribution in [-0.2, 0) is 0 Å². The van der Waals surface area contributed by atoms with Crippen molar-refractivity contribution < 1.29 is 0 Å². The van der Waals surface area contributed by atoms with E-state index in [1.54, 1.807) is 0 Å². The number of benzene rings is 1. The molecule has 0 bridgehead atoms. The fraction of sp³-hybridized carbons (Fsp3) is 0.667. The topological polar surface area (TPSA) is 15.3 Å². The predicted molar refractivity (Wildman–Crippen MR) is 87.2 cm³/mol. The zero-order valence-electron chi connectivity index (χ0n) is 13.7. The SMILES string of the molecule is CCC1CN(C(C)c2ccc(C)c(C)c2)C(CC)CN1. The summed E-state index contributed by atoms with van der Waals surface area (Å²) >= 11 is 0. The summed E-state index contributed by atoms with van der Waals surface area (Å²) in [5, 5.41) is 3.68. The highest BCUT2D eigenvalue weighted by Gasteiger charge is 2.29. The van der Waals surface area contributed by atoms with Gasteiger partial charge in [-0.3, -0.25) is 4.90 Å². The lowest BCUT2D eigenvalue weighted by Gasteiger charge is -2.43. The van der Waals surface area contributed by atoms with Crippen LogP contribution in [0.2, 0.25) is 0 Å². The summed E-state index contributed by atoms with van der Waals surface area (Å²) in [6, 6.07) is 8.76. The van der Waals surface area contributed by atoms with Gasteiger partial charge in [0.25, 0.3) is 0 Å². The minimum absolute atomic E-state index is 0.510. The van der Waals surface area contributed by atoms with Crippen molar-refractivity contribution in [3.63, 3.8) is 0 Å². The van der Waals surface area contributed by atoms with Crippen LogP contribution in [0.1, 0.15) is 56.3 Å². The third-order valence-electron chi connectivity index (χ3n) is 5.02. The molecule has 3 atom stereocenters. The largest absolute Gasteiger partial charge is 0.311 e. The van der Waals surface area contributed by atoms with E-state index in [-0.39, 0.29) is 0 Å². The van der Waals surface area contributed by atoms with Crippen LogP contribution in [0.3, 0.4) is 0 Å². The van der Waals surface area contributed by atoms with Gasteiger partial charge in [0.15, 0.2) is 0 Å². The molecular formula is C18H30N2. The Labute approximate surface area is 124 Å². The number of piperazine rings is 1. The summed E-state index contributed by atoms with van der Waals surface area (Å²) in [5.74, 6) is 0. The van der Waals surface area contributed by atoms with E-state index in [0.29, 0.717) is 18.1 Å². The second kappa shape index (κ2) is 6.73. The Morgan fingerprint density at radius 3 is 2.55 bits per heavy atom. The maximum Gasteiger partial charge on any atom is 0.0324 e. The first-order valence-corrected chi connectivity index (χ1v) is 8.13. The Kier molecular flexibility index (Phi) is 5.22. The van der Waals surface area contributed by atoms with Crippen molar-refractivity contribution in [2.45, 2.75) is 65.6 Å². The average Bonchev–Trinajstić information content (AvgIpc) is 2.48. The summed E-state index contributed by atoms with van der Waals surface area (Å²) < 4.78 is 0. The van der Waals surface area contributed by atoms with Gasteiger partial charge in [0.1, 0.15) is 0 Å². The van der Waals surface area contributed by atoms with E-state index in [0.717, 1.165) is 6.54 Å². The quantitative estimate of drug-likeness (QED) is 0.897. The smallest absolute Gasteiger partial charge is 0.0324 e. The Balaban J connectivity index is 2.19. The summed E-state index contributed by atoms with van der Waals surface area (Å²) in [7, 11) is 0. The molecule has 2 rings (SSSR count). The Morgan fingerprint density at radius 1 is 1.20 bits per heavy atom. The van der Waals surface area contributed by atoms with Crippen LogP contribution < -0.4 is 5.32 Å². The van der Waals surface area contributed by atoms with Crippen molar-refractivity contribution in [1.29, 1.82) is 0 Å². The second-order valence-electron chi connectivity index (χ2n) is 6.29. The molecule has 1 aliphatic heterocycles. The fourth-order valence-electron chi connectivity index (χ4n) is 3.23. The molecule has 112 valence electrons. The molecule has 1 aliphatic rings. The van der Waals surface area contributed by atoms with Crippen molar-refractivity contribution in [1.82, 2.24) is 10.2 Å². The van der Waals surface area contributed by atoms with Gasteiger partial charge in [-0.05, 0) is 50.3 Å². The molecule has 2 heteroatoms. The van der Waals surface area contributed by atoms with E-state index in [2.05, 4.69) is 63.0 Å². The van der Waals surface area contributed by atoms with Crippen molar-refractivity contribution in [2.24, 2.45) is 0 Å². The number of hydrogen-bond acceptors (Lipinski definition) is 2. The van der Waals surface area contributed by atoms with Crippen molar-refractivity contribution in [2.75, 3.05) is 13.1 Å². The second-order valence-corrected chi connectivity index (χ2v) is 6.29. The van der Waals surface area contributed by atoms with Crippen LogP contribution >= 0.6 is 0 Å². The standard InChI is InChI=1S/C18H30N2/c1-6-17-12-20(18(7-2)11-19-17)15(5)16-9-8-13(3)14(4)10-16/h8-10,15,17-19H,6-7,11-12H2,1-5H3. The van der Waals surface area contributed by atoms with Crippen LogP contribution in [-0.4, -0.2) is 30.1 Å². The van der Waals surface area contributed by atoms with Gasteiger partial charge in [-0.1, -0.05) is 32.0 Å². The van der Waals surface area contributed by atoms with Gasteiger partial charge in [0.2, 0.25) is 0 Å². The molecule has 0 amide bonds. The van der Waals surface area contributed by atoms with Gasteiger partial charge in [0, 0.05) is 31.2 Å². The summed E-state index contributed by atoms with van der Waals surface area (Å²) in [5.41, 5.74) is 4.26. The Morgan fingerprint density at radius 2 is 1.95 bits per heavy atom. The average molecular weight is 274 g/mol. The summed E-state index contributed by atoms with van der Waals surface area (Å²) in [4.78, 5) is 2.70. The molecule has 1 heterocycles. The Hall–Kier alpha value is -0.860. The molecule has 1 aromatic rings. The molecule has 1 N–H and O–H groups in total. The molecule has 1 saturated heterocycles. The van der Waals surface area contributed by atoms with E-state index in [1.165, 1.54) is 36.1 Å². The maximum atomic E-state index is 3.68. The highest BCUT2D eigenvalue weighted by molar-refractivity contribution is 5.31. The molecule has 0 saturated carbocycles. The van der Waals surface area contributed by atoms with Gasteiger partial charge < -0.3 is 5.32 Å². The van der Waals surface area contributed by atoms with Gasteiger partial charge in [-0.25, -0.2) is 0 Å². The molecule has 1 fully saturated rings. The molecule has 0 radical (unpaired) electrons. The molecule has 0 aromatic heterocycles. The molecular weight excluding hydrogens is 244 g/mol. The number of nitrogens with one attached hydrogen (secondary N) is 1. The molecule has 1 aromatic carbocycles. The first kappa shape index (κ1) is 15.5. The highest BCUT2D eigenvalue weighted by atomic mass is 15.2. The van der Waals surface area contributed by atoms with E-state index in [1.807, 2.05) is 0 Å². The van der Waals surface area contributed by atoms with Crippen LogP contribution in [0.25, 0.3) is 0 Å². The lowest BCUT2D eigenvalue weighted by atomic mass is 9.96. The summed E-state index contributed by atoms with van der Waals surface area (Å²) in [6.07, 6.45) is 2.44. The van der Waals surface area contributed by atoms with Gasteiger partial charge in [0.05, 0.1) is 0 Å². The van der Waals surface area contributed by atoms with Crippen LogP contribution in [0.15, 0.2) is 18.2 Å². The van der Waals surface area contributed by atoms with Crippen molar-refractivity contribution in [3.05, 3.63) is 34.9 Å². The van der Waals surface area contributed by atoms with E-state index < -0.39 is 0 Å². The predicted octanol–water partition coefficient (Wildman–Crippen LogP) is 3.83. The third kappa shape index (κ3) is 3.24. The van der Waals surface area contributed by atoms with Crippen LogP contribution in [0.4, 0.5) is 0 Å². The number of nitrogens with zero attached hydrogens (tertiary/aromatic N) is 1. The lowest BCUT2D eigenvalue weighted by molar-refractivity contribution is 0.0850. The molecule has 0 spiro atoms. The summed E-state index contributed by atoms with van der Waals surface area (Å²) in [6.45, 7) is 13.7. The normalized spacial score (nSPS) is 25.6. The lowest BCUT2D eigenvalue weighted by Crippen LogP contribution is -2.56. The molecule has 0 aliphatic carbocycles. The molecule has 2 nitrogen and oxygen atoms in total. The maximum absolute atomic E-state index is 3.68. The fourth-order valence-corrected chi connectivity index (χ4v) is 3.23. The first-order chi connectivity index (χ1) is 9.56. The van der Waals surface area contributed by atoms with Crippen molar-refractivity contribution >= 4 is 0 Å². The van der Waals surface area contributed by atoms with E-state index in [4.69, 9.17) is 0 Å². The minimum atomic E-state index is 0.510. The van der Waals surface area contributed by atoms with Gasteiger partial charge >= 0.3 is 0 Å². The van der Waals surface area contributed by atoms with E-state index in [9.17, 15) is 0 Å². The van der Waals surface area contributed by atoms with E-state index >= 15 is 0 Å². The number of rotatable bonds is 4. The molecule has 3 unspecified atom stereocenters. The van der Waals surface area contributed by atoms with Gasteiger partial charge in [-0.2, -0.15) is 0 Å². The number of aryl methyl sites for hydroxylation is 2. The van der Waals surface area contributed by atoms with Crippen LogP contribution in [0, 0.1) is 13.8 Å². The zero-order valence-corrected chi connectivity index (χ0v) is 13.7. The number of hydrogen-bond donors (Lipinski definition) is 1. The monoisotopic (exact) mass is 274 g/mol. The third-order valence-corrected chi connectivity index (χ3v) is 5.02. The molecule has 20 heavy (non-hydrogen) atoms. The Bertz CT molecular complexity index is 441. The first-order valence-electron chi connectivity index (χ1n) is 8.13. The van der Waals surface area contributed by atoms with Crippen LogP contribution in [0.5, 0.6) is 0 Å². The minimum Gasteiger partial charge on any atom is -0.311 e. The van der Waals surface area contributed by atoms with Gasteiger partial charge in [-0.15, -0.1) is 0 Å². The highest BCUT2D eigenvalue weighted by Crippen LogP contribution is 2.27.